The van der Waals surface area contributed by atoms with E-state index in [2.05, 4.69) is 15.4 Å². The first kappa shape index (κ1) is 31.6. The van der Waals surface area contributed by atoms with E-state index in [1.165, 1.54) is 0 Å². The first-order valence-electron chi connectivity index (χ1n) is 0.129. The number of rotatable bonds is 0. The van der Waals surface area contributed by atoms with E-state index in [-0.39, 0.29) is 124 Å². The van der Waals surface area contributed by atoms with Gasteiger partial charge < -0.3 is 0 Å². The third-order valence-corrected chi connectivity index (χ3v) is 0. The standard InChI is InChI=1S/Ga.La.Mg.Ni.O.Sr.7H. The molecule has 0 saturated carbocycles. The maximum atomic E-state index is 7.88. The molecule has 0 aliphatic carbocycles. The van der Waals surface area contributed by atoms with Crippen molar-refractivity contribution < 1.29 is 54.9 Å². The summed E-state index contributed by atoms with van der Waals surface area (Å²) in [7, 11) is 0. The van der Waals surface area contributed by atoms with E-state index in [0.29, 0.717) is 0 Å². The van der Waals surface area contributed by atoms with Crippen molar-refractivity contribution in [2.24, 2.45) is 0 Å². The van der Waals surface area contributed by atoms with Gasteiger partial charge >= 0.3 is 108 Å². The molecule has 0 fully saturated rings. The van der Waals surface area contributed by atoms with Gasteiger partial charge in [0.1, 0.15) is 0 Å². The molecule has 6 heteroatoms. The minimum absolute atomic E-state index is 0. The summed E-state index contributed by atoms with van der Waals surface area (Å²) < 4.78 is 7.88. The Bertz CT molecular complexity index is 15.5. The average molecular weight is 402 g/mol. The monoisotopic (exact) mass is 401 g/mol. The molecule has 0 aromatic carbocycles. The summed E-state index contributed by atoms with van der Waals surface area (Å²) in [6, 6.07) is 0. The van der Waals surface area contributed by atoms with Crippen LogP contribution in [0.5, 0.6) is 0 Å². The van der Waals surface area contributed by atoms with Gasteiger partial charge in [0.25, 0.3) is 0 Å². The number of hydrogen-bond acceptors (Lipinski definition) is 1. The van der Waals surface area contributed by atoms with E-state index in [4.69, 9.17) is 3.90 Å². The summed E-state index contributed by atoms with van der Waals surface area (Å²) in [5.41, 5.74) is 0. The predicted molar refractivity (Wildman–Crippen MR) is 27.7 cm³/mol. The third kappa shape index (κ3) is 23.8. The van der Waals surface area contributed by atoms with Crippen molar-refractivity contribution in [3.63, 3.8) is 0 Å². The Labute approximate surface area is 139 Å². The van der Waals surface area contributed by atoms with Crippen molar-refractivity contribution in [1.29, 1.82) is 0 Å². The molecule has 0 spiro atoms. The van der Waals surface area contributed by atoms with E-state index in [0.717, 1.165) is 0 Å². The van der Waals surface area contributed by atoms with Gasteiger partial charge in [-0.2, -0.15) is 0 Å². The molecule has 0 heterocycles. The second kappa shape index (κ2) is 34.4. The molecule has 0 rings (SSSR count). The molecule has 0 aromatic heterocycles. The third-order valence-electron chi connectivity index (χ3n) is 0. The quantitative estimate of drug-likeness (QED) is 0.392. The van der Waals surface area contributed by atoms with E-state index in [9.17, 15) is 0 Å². The van der Waals surface area contributed by atoms with Crippen LogP contribution in [0.3, 0.4) is 0 Å². The fourth-order valence-corrected chi connectivity index (χ4v) is 0. The summed E-state index contributed by atoms with van der Waals surface area (Å²) in [5.74, 6) is 0. The van der Waals surface area contributed by atoms with Crippen LogP contribution in [0.25, 0.3) is 0 Å². The van der Waals surface area contributed by atoms with Gasteiger partial charge in [0.05, 0.1) is 0 Å². The van der Waals surface area contributed by atoms with Crippen molar-refractivity contribution in [1.82, 2.24) is 0 Å². The Morgan fingerprint density at radius 3 is 1.17 bits per heavy atom. The van der Waals surface area contributed by atoms with E-state index in [1.54, 1.807) is 0 Å². The molecule has 0 saturated heterocycles. The average Bonchev–Trinajstić information content (AvgIpc) is 1.00. The summed E-state index contributed by atoms with van der Waals surface area (Å²) in [4.78, 5) is 0. The van der Waals surface area contributed by atoms with Gasteiger partial charge in [-0.3, -0.25) is 0 Å². The molecule has 1 radical (unpaired) electrons. The van der Waals surface area contributed by atoms with Crippen LogP contribution in [0.4, 0.5) is 0 Å². The molecule has 0 N–H and O–H groups in total. The van der Waals surface area contributed by atoms with Crippen LogP contribution in [-0.2, 0) is 19.3 Å². The molecule has 0 aliphatic rings. The predicted octanol–water partition coefficient (Wildman–Crippen LogP) is -3.14. The molecule has 0 bridgehead atoms. The van der Waals surface area contributed by atoms with E-state index >= 15 is 0 Å². The molecule has 33 valence electrons. The first-order valence-corrected chi connectivity index (χ1v) is 0.532. The van der Waals surface area contributed by atoms with Gasteiger partial charge in [-0.25, -0.2) is 0 Å². The molecule has 0 amide bonds. The van der Waals surface area contributed by atoms with Gasteiger partial charge in [-0.15, -0.1) is 0 Å². The van der Waals surface area contributed by atoms with Gasteiger partial charge in [-0.1, -0.05) is 0 Å². The van der Waals surface area contributed by atoms with Crippen LogP contribution >= 0.6 is 0 Å². The molecule has 6 heavy (non-hydrogen) atoms. The normalized spacial score (nSPS) is 1.00. The Morgan fingerprint density at radius 2 is 1.17 bits per heavy atom. The minimum atomic E-state index is 0. The van der Waals surface area contributed by atoms with Crippen LogP contribution in [0, 0.1) is 35.6 Å². The molecular weight excluding hydrogens is 395 g/mol. The van der Waals surface area contributed by atoms with Crippen molar-refractivity contribution >= 4 is 88.3 Å². The van der Waals surface area contributed by atoms with Gasteiger partial charge in [-0.05, 0) is 0 Å². The Hall–Kier alpha value is 4.37. The second-order valence-corrected chi connectivity index (χ2v) is 0. The summed E-state index contributed by atoms with van der Waals surface area (Å²) >= 11 is 2.62. The van der Waals surface area contributed by atoms with E-state index < -0.39 is 0 Å². The molecule has 0 unspecified atom stereocenters. The molecule has 0 aliphatic heterocycles. The number of hydrogen-bond donors (Lipinski definition) is 0. The van der Waals surface area contributed by atoms with Gasteiger partial charge in [0, 0.05) is 35.6 Å². The Morgan fingerprint density at radius 1 is 1.17 bits per heavy atom. The molecule has 0 aromatic rings. The van der Waals surface area contributed by atoms with E-state index in [1.807, 2.05) is 0 Å². The maximum absolute atomic E-state index is 7.88. The molecule has 0 atom stereocenters. The zero-order chi connectivity index (χ0) is 2.00. The second-order valence-electron chi connectivity index (χ2n) is 0. The summed E-state index contributed by atoms with van der Waals surface area (Å²) in [5, 5.41) is 0. The summed E-state index contributed by atoms with van der Waals surface area (Å²) in [6.07, 6.45) is 0. The van der Waals surface area contributed by atoms with Crippen LogP contribution in [0.15, 0.2) is 0 Å². The SMILES string of the molecule is [GaH3].[La].[MgH2].[O]=[Ni].[SrH2]. The van der Waals surface area contributed by atoms with Crippen molar-refractivity contribution in [3.05, 3.63) is 0 Å². The fraction of sp³-hybridized carbons (Fsp3) is 0. The van der Waals surface area contributed by atoms with Crippen molar-refractivity contribution in [3.8, 4) is 0 Å². The van der Waals surface area contributed by atoms with Crippen LogP contribution < -0.4 is 0 Å². The first-order chi connectivity index (χ1) is 1.00. The summed E-state index contributed by atoms with van der Waals surface area (Å²) in [6.45, 7) is 0. The molecule has 1 nitrogen and oxygen atoms in total. The Balaban J connectivity index is -0.000000000833. The topological polar surface area (TPSA) is 17.1 Å². The van der Waals surface area contributed by atoms with Crippen molar-refractivity contribution in [2.75, 3.05) is 0 Å². The van der Waals surface area contributed by atoms with Crippen molar-refractivity contribution in [2.45, 2.75) is 0 Å². The van der Waals surface area contributed by atoms with Crippen LogP contribution in [0.2, 0.25) is 0 Å². The fourth-order valence-electron chi connectivity index (χ4n) is 0. The molecular formula is H7GaLaMgNiOSr. The van der Waals surface area contributed by atoms with Crippen LogP contribution in [0.1, 0.15) is 0 Å². The van der Waals surface area contributed by atoms with Gasteiger partial charge in [0.2, 0.25) is 0 Å². The van der Waals surface area contributed by atoms with Gasteiger partial charge in [0.15, 0.2) is 0 Å². The van der Waals surface area contributed by atoms with Crippen LogP contribution in [-0.4, -0.2) is 88.3 Å². The zero-order valence-electron chi connectivity index (χ0n) is 1.30. The Kier molecular flexibility index (Phi) is 181. The zero-order valence-corrected chi connectivity index (χ0v) is 5.92.